The summed E-state index contributed by atoms with van der Waals surface area (Å²) in [6.45, 7) is 2.84. The maximum absolute atomic E-state index is 12.8. The Kier molecular flexibility index (Phi) is 5.51. The largest absolute Gasteiger partial charge is 0.368 e. The molecule has 2 aromatic rings. The number of nitrogens with zero attached hydrogens (tertiary/aromatic N) is 3. The van der Waals surface area contributed by atoms with Crippen molar-refractivity contribution in [3.63, 3.8) is 0 Å². The first-order chi connectivity index (χ1) is 12.8. The van der Waals surface area contributed by atoms with Crippen LogP contribution in [0.4, 0.5) is 5.69 Å². The Labute approximate surface area is 163 Å². The van der Waals surface area contributed by atoms with Gasteiger partial charge in [-0.15, -0.1) is 0 Å². The standard InChI is InChI=1S/C19H18ClN3O3S/c1-14(24)15-6-7-16(13-21)18(12-15)22-8-10-23(11-9-22)27(25,26)19-5-3-2-4-17(19)20/h2-7,12H,8-11H2,1H3. The molecule has 27 heavy (non-hydrogen) atoms. The molecule has 0 atom stereocenters. The smallest absolute Gasteiger partial charge is 0.244 e. The number of sulfonamides is 1. The van der Waals surface area contributed by atoms with Crippen molar-refractivity contribution in [1.82, 2.24) is 4.31 Å². The topological polar surface area (TPSA) is 81.5 Å². The number of halogens is 1. The predicted octanol–water partition coefficient (Wildman–Crippen LogP) is 2.93. The molecule has 0 unspecified atom stereocenters. The molecule has 0 aliphatic carbocycles. The molecule has 1 aliphatic rings. The van der Waals surface area contributed by atoms with E-state index in [1.54, 1.807) is 36.4 Å². The molecular formula is C19H18ClN3O3S. The minimum absolute atomic E-state index is 0.0827. The van der Waals surface area contributed by atoms with Crippen LogP contribution >= 0.6 is 11.6 Å². The lowest BCUT2D eigenvalue weighted by molar-refractivity contribution is 0.101. The van der Waals surface area contributed by atoms with Crippen LogP contribution in [0.25, 0.3) is 0 Å². The Bertz CT molecular complexity index is 1020. The number of piperazine rings is 1. The van der Waals surface area contributed by atoms with E-state index in [4.69, 9.17) is 11.6 Å². The van der Waals surface area contributed by atoms with Crippen molar-refractivity contribution in [2.75, 3.05) is 31.1 Å². The van der Waals surface area contributed by atoms with Crippen molar-refractivity contribution in [3.8, 4) is 6.07 Å². The highest BCUT2D eigenvalue weighted by Gasteiger charge is 2.30. The molecule has 0 saturated carbocycles. The summed E-state index contributed by atoms with van der Waals surface area (Å²) in [5, 5.41) is 9.55. The summed E-state index contributed by atoms with van der Waals surface area (Å²) < 4.78 is 27.1. The Hall–Kier alpha value is -2.40. The van der Waals surface area contributed by atoms with Gasteiger partial charge in [0.1, 0.15) is 11.0 Å². The monoisotopic (exact) mass is 403 g/mol. The number of carbonyl (C=O) groups excluding carboxylic acids is 1. The minimum atomic E-state index is -3.68. The molecule has 0 aromatic heterocycles. The minimum Gasteiger partial charge on any atom is -0.368 e. The van der Waals surface area contributed by atoms with Crippen molar-refractivity contribution in [2.45, 2.75) is 11.8 Å². The van der Waals surface area contributed by atoms with Crippen LogP contribution in [-0.2, 0) is 10.0 Å². The molecule has 0 N–H and O–H groups in total. The van der Waals surface area contributed by atoms with Gasteiger partial charge in [-0.1, -0.05) is 23.7 Å². The average molecular weight is 404 g/mol. The van der Waals surface area contributed by atoms with Crippen LogP contribution in [0.5, 0.6) is 0 Å². The number of benzene rings is 2. The van der Waals surface area contributed by atoms with Crippen LogP contribution in [0.2, 0.25) is 5.02 Å². The van der Waals surface area contributed by atoms with E-state index in [1.165, 1.54) is 17.3 Å². The van der Waals surface area contributed by atoms with Gasteiger partial charge >= 0.3 is 0 Å². The van der Waals surface area contributed by atoms with Crippen LogP contribution in [0.1, 0.15) is 22.8 Å². The van der Waals surface area contributed by atoms with Crippen molar-refractivity contribution in [3.05, 3.63) is 58.6 Å². The molecule has 1 aliphatic heterocycles. The number of Topliss-reactive ketones (excluding diaryl/α,β-unsaturated/α-hetero) is 1. The van der Waals surface area contributed by atoms with E-state index in [-0.39, 0.29) is 28.8 Å². The first kappa shape index (κ1) is 19.4. The van der Waals surface area contributed by atoms with Gasteiger partial charge in [-0.05, 0) is 37.3 Å². The molecule has 1 fully saturated rings. The van der Waals surface area contributed by atoms with Gasteiger partial charge in [-0.25, -0.2) is 8.42 Å². The summed E-state index contributed by atoms with van der Waals surface area (Å²) in [7, 11) is -3.68. The summed E-state index contributed by atoms with van der Waals surface area (Å²) in [6, 6.07) is 13.4. The fourth-order valence-corrected chi connectivity index (χ4v) is 4.98. The van der Waals surface area contributed by atoms with E-state index >= 15 is 0 Å². The molecule has 1 heterocycles. The summed E-state index contributed by atoms with van der Waals surface area (Å²) >= 11 is 6.05. The second kappa shape index (κ2) is 7.69. The number of hydrogen-bond acceptors (Lipinski definition) is 5. The fourth-order valence-electron chi connectivity index (χ4n) is 3.07. The van der Waals surface area contributed by atoms with Crippen LogP contribution in [-0.4, -0.2) is 44.7 Å². The van der Waals surface area contributed by atoms with Gasteiger partial charge < -0.3 is 4.90 Å². The highest BCUT2D eigenvalue weighted by atomic mass is 35.5. The zero-order chi connectivity index (χ0) is 19.6. The predicted molar refractivity (Wildman–Crippen MR) is 104 cm³/mol. The van der Waals surface area contributed by atoms with Crippen molar-refractivity contribution in [1.29, 1.82) is 5.26 Å². The van der Waals surface area contributed by atoms with Gasteiger partial charge in [0.2, 0.25) is 10.0 Å². The summed E-state index contributed by atoms with van der Waals surface area (Å²) in [5.41, 5.74) is 1.64. The lowest BCUT2D eigenvalue weighted by atomic mass is 10.1. The fraction of sp³-hybridized carbons (Fsp3) is 0.263. The van der Waals surface area contributed by atoms with Crippen LogP contribution < -0.4 is 4.90 Å². The Morgan fingerprint density at radius 1 is 1.11 bits per heavy atom. The maximum atomic E-state index is 12.8. The molecule has 6 nitrogen and oxygen atoms in total. The zero-order valence-corrected chi connectivity index (χ0v) is 16.3. The highest BCUT2D eigenvalue weighted by molar-refractivity contribution is 7.89. The molecule has 0 spiro atoms. The Morgan fingerprint density at radius 2 is 1.78 bits per heavy atom. The van der Waals surface area contributed by atoms with Gasteiger partial charge in [0, 0.05) is 31.7 Å². The van der Waals surface area contributed by atoms with E-state index in [9.17, 15) is 18.5 Å². The second-order valence-electron chi connectivity index (χ2n) is 6.22. The van der Waals surface area contributed by atoms with Crippen LogP contribution in [0.15, 0.2) is 47.4 Å². The first-order valence-electron chi connectivity index (χ1n) is 8.39. The highest BCUT2D eigenvalue weighted by Crippen LogP contribution is 2.28. The third kappa shape index (κ3) is 3.83. The number of carbonyl (C=O) groups is 1. The summed E-state index contributed by atoms with van der Waals surface area (Å²) in [4.78, 5) is 13.7. The molecule has 140 valence electrons. The number of rotatable bonds is 4. The van der Waals surface area contributed by atoms with Gasteiger partial charge in [0.25, 0.3) is 0 Å². The SMILES string of the molecule is CC(=O)c1ccc(C#N)c(N2CCN(S(=O)(=O)c3ccccc3Cl)CC2)c1. The molecule has 0 bridgehead atoms. The van der Waals surface area contributed by atoms with E-state index < -0.39 is 10.0 Å². The van der Waals surface area contributed by atoms with E-state index in [1.807, 2.05) is 4.90 Å². The second-order valence-corrected chi connectivity index (χ2v) is 8.54. The van der Waals surface area contributed by atoms with Gasteiger partial charge in [0.05, 0.1) is 16.3 Å². The molecule has 0 amide bonds. The van der Waals surface area contributed by atoms with Crippen molar-refractivity contribution >= 4 is 33.1 Å². The Balaban J connectivity index is 1.82. The van der Waals surface area contributed by atoms with Crippen molar-refractivity contribution in [2.24, 2.45) is 0 Å². The average Bonchev–Trinajstić information content (AvgIpc) is 2.67. The molecule has 8 heteroatoms. The number of anilines is 1. The third-order valence-electron chi connectivity index (χ3n) is 4.56. The maximum Gasteiger partial charge on any atom is 0.244 e. The van der Waals surface area contributed by atoms with Crippen LogP contribution in [0, 0.1) is 11.3 Å². The number of nitriles is 1. The third-order valence-corrected chi connectivity index (χ3v) is 6.96. The number of ketones is 1. The first-order valence-corrected chi connectivity index (χ1v) is 10.2. The van der Waals surface area contributed by atoms with E-state index in [0.29, 0.717) is 29.9 Å². The van der Waals surface area contributed by atoms with E-state index in [2.05, 4.69) is 6.07 Å². The molecule has 0 radical (unpaired) electrons. The molecule has 1 saturated heterocycles. The van der Waals surface area contributed by atoms with Gasteiger partial charge in [-0.3, -0.25) is 4.79 Å². The van der Waals surface area contributed by atoms with E-state index in [0.717, 1.165) is 0 Å². The van der Waals surface area contributed by atoms with Gasteiger partial charge in [-0.2, -0.15) is 9.57 Å². The van der Waals surface area contributed by atoms with Gasteiger partial charge in [0.15, 0.2) is 5.78 Å². The zero-order valence-electron chi connectivity index (χ0n) is 14.7. The van der Waals surface area contributed by atoms with Crippen molar-refractivity contribution < 1.29 is 13.2 Å². The lowest BCUT2D eigenvalue weighted by Gasteiger charge is -2.36. The van der Waals surface area contributed by atoms with Crippen LogP contribution in [0.3, 0.4) is 0 Å². The summed E-state index contributed by atoms with van der Waals surface area (Å²) in [6.07, 6.45) is 0. The lowest BCUT2D eigenvalue weighted by Crippen LogP contribution is -2.49. The quantitative estimate of drug-likeness (QED) is 0.733. The Morgan fingerprint density at radius 3 is 2.37 bits per heavy atom. The molecule has 3 rings (SSSR count). The molecular weight excluding hydrogens is 386 g/mol. The molecule has 2 aromatic carbocycles. The number of hydrogen-bond donors (Lipinski definition) is 0. The summed E-state index contributed by atoms with van der Waals surface area (Å²) in [5.74, 6) is -0.0827. The normalized spacial score (nSPS) is 15.4.